The van der Waals surface area contributed by atoms with Gasteiger partial charge in [-0.25, -0.2) is 4.79 Å². The second-order valence-electron chi connectivity index (χ2n) is 3.61. The molecule has 0 aliphatic carbocycles. The Morgan fingerprint density at radius 1 is 1.37 bits per heavy atom. The lowest BCUT2D eigenvalue weighted by Gasteiger charge is -2.02. The van der Waals surface area contributed by atoms with Gasteiger partial charge in [0.05, 0.1) is 11.6 Å². The van der Waals surface area contributed by atoms with Crippen molar-refractivity contribution in [3.8, 4) is 11.3 Å². The summed E-state index contributed by atoms with van der Waals surface area (Å²) in [4.78, 5) is 11.6. The zero-order valence-corrected chi connectivity index (χ0v) is 12.1. The van der Waals surface area contributed by atoms with Crippen LogP contribution in [0.3, 0.4) is 0 Å². The lowest BCUT2D eigenvalue weighted by Crippen LogP contribution is -2.05. The molecule has 1 N–H and O–H groups in total. The highest BCUT2D eigenvalue weighted by atomic mass is 35.5. The number of ether oxygens (including phenoxy) is 1. The summed E-state index contributed by atoms with van der Waals surface area (Å²) in [5.41, 5.74) is 1.07. The van der Waals surface area contributed by atoms with Crippen LogP contribution in [0, 0.1) is 0 Å². The average Bonchev–Trinajstić information content (AvgIpc) is 2.72. The molecule has 1 heterocycles. The summed E-state index contributed by atoms with van der Waals surface area (Å²) in [5, 5.41) is 7.62. The predicted octanol–water partition coefficient (Wildman–Crippen LogP) is 4.21. The molecule has 7 heteroatoms. The van der Waals surface area contributed by atoms with Gasteiger partial charge in [0.15, 0.2) is 5.69 Å². The number of nitrogens with one attached hydrogen (secondary N) is 1. The maximum absolute atomic E-state index is 11.6. The number of hydrogen-bond donors (Lipinski definition) is 1. The molecular weight excluding hydrogens is 311 g/mol. The fraction of sp³-hybridized carbons (Fsp3) is 0.167. The van der Waals surface area contributed by atoms with E-state index in [2.05, 4.69) is 10.2 Å². The van der Waals surface area contributed by atoms with Crippen LogP contribution in [-0.2, 0) is 4.74 Å². The van der Waals surface area contributed by atoms with Gasteiger partial charge in [-0.05, 0) is 25.1 Å². The molecule has 0 bridgehead atoms. The van der Waals surface area contributed by atoms with Crippen molar-refractivity contribution in [2.45, 2.75) is 6.92 Å². The summed E-state index contributed by atoms with van der Waals surface area (Å²) in [7, 11) is 0. The molecule has 19 heavy (non-hydrogen) atoms. The minimum absolute atomic E-state index is 0.101. The molecule has 4 nitrogen and oxygen atoms in total. The Morgan fingerprint density at radius 3 is 2.74 bits per heavy atom. The van der Waals surface area contributed by atoms with Crippen LogP contribution in [-0.4, -0.2) is 22.8 Å². The van der Waals surface area contributed by atoms with Crippen LogP contribution in [0.4, 0.5) is 0 Å². The number of nitrogens with zero attached hydrogens (tertiary/aromatic N) is 1. The third-order valence-electron chi connectivity index (χ3n) is 2.37. The number of H-pyrrole nitrogens is 1. The van der Waals surface area contributed by atoms with Gasteiger partial charge >= 0.3 is 5.97 Å². The van der Waals surface area contributed by atoms with Crippen LogP contribution in [0.15, 0.2) is 18.2 Å². The quantitative estimate of drug-likeness (QED) is 0.862. The highest BCUT2D eigenvalue weighted by Crippen LogP contribution is 2.34. The number of halogens is 3. The van der Waals surface area contributed by atoms with Gasteiger partial charge in [0, 0.05) is 10.6 Å². The summed E-state index contributed by atoms with van der Waals surface area (Å²) in [6.45, 7) is 1.96. The maximum Gasteiger partial charge on any atom is 0.357 e. The van der Waals surface area contributed by atoms with Crippen molar-refractivity contribution in [3.05, 3.63) is 39.0 Å². The molecule has 0 aliphatic rings. The Labute approximate surface area is 124 Å². The van der Waals surface area contributed by atoms with Crippen LogP contribution in [0.25, 0.3) is 11.3 Å². The highest BCUT2D eigenvalue weighted by molar-refractivity contribution is 6.39. The Bertz CT molecular complexity index is 625. The minimum Gasteiger partial charge on any atom is -0.461 e. The van der Waals surface area contributed by atoms with E-state index in [0.29, 0.717) is 21.3 Å². The number of carbonyl (C=O) groups is 1. The van der Waals surface area contributed by atoms with E-state index in [9.17, 15) is 4.79 Å². The second kappa shape index (κ2) is 5.82. The van der Waals surface area contributed by atoms with Gasteiger partial charge in [-0.1, -0.05) is 34.8 Å². The Balaban J connectivity index is 2.44. The molecule has 0 fully saturated rings. The molecule has 0 saturated carbocycles. The standard InChI is InChI=1S/C12H9Cl3N2O2/c1-2-19-12(18)11-9(15)10(16-17-11)7-4-3-6(13)5-8(7)14/h3-5H,2H2,1H3,(H,16,17). The smallest absolute Gasteiger partial charge is 0.357 e. The first-order valence-electron chi connectivity index (χ1n) is 5.41. The lowest BCUT2D eigenvalue weighted by atomic mass is 10.1. The van der Waals surface area contributed by atoms with Gasteiger partial charge in [-0.3, -0.25) is 5.10 Å². The van der Waals surface area contributed by atoms with Gasteiger partial charge in [0.2, 0.25) is 0 Å². The first-order valence-corrected chi connectivity index (χ1v) is 6.54. The van der Waals surface area contributed by atoms with Crippen LogP contribution in [0.2, 0.25) is 15.1 Å². The van der Waals surface area contributed by atoms with E-state index < -0.39 is 5.97 Å². The van der Waals surface area contributed by atoms with Crippen molar-refractivity contribution in [3.63, 3.8) is 0 Å². The van der Waals surface area contributed by atoms with E-state index in [4.69, 9.17) is 39.5 Å². The topological polar surface area (TPSA) is 55.0 Å². The lowest BCUT2D eigenvalue weighted by molar-refractivity contribution is 0.0519. The summed E-state index contributed by atoms with van der Waals surface area (Å²) in [5.74, 6) is -0.559. The Hall–Kier alpha value is -1.23. The third kappa shape index (κ3) is 2.86. The molecule has 0 unspecified atom stereocenters. The Kier molecular flexibility index (Phi) is 4.34. The summed E-state index contributed by atoms with van der Waals surface area (Å²) in [6.07, 6.45) is 0. The second-order valence-corrected chi connectivity index (χ2v) is 4.83. The number of aromatic amines is 1. The van der Waals surface area contributed by atoms with E-state index in [1.54, 1.807) is 25.1 Å². The minimum atomic E-state index is -0.559. The highest BCUT2D eigenvalue weighted by Gasteiger charge is 2.21. The summed E-state index contributed by atoms with van der Waals surface area (Å²) in [6, 6.07) is 4.92. The van der Waals surface area contributed by atoms with Crippen LogP contribution in [0.5, 0.6) is 0 Å². The molecule has 0 aliphatic heterocycles. The van der Waals surface area contributed by atoms with Crippen molar-refractivity contribution in [2.24, 2.45) is 0 Å². The molecule has 0 radical (unpaired) electrons. The van der Waals surface area contributed by atoms with E-state index in [1.165, 1.54) is 0 Å². The number of esters is 1. The monoisotopic (exact) mass is 318 g/mol. The molecule has 0 amide bonds. The molecule has 0 atom stereocenters. The molecule has 2 rings (SSSR count). The van der Waals surface area contributed by atoms with Crippen molar-refractivity contribution in [1.82, 2.24) is 10.2 Å². The number of benzene rings is 1. The maximum atomic E-state index is 11.6. The van der Waals surface area contributed by atoms with Gasteiger partial charge in [0.25, 0.3) is 0 Å². The van der Waals surface area contributed by atoms with E-state index in [1.807, 2.05) is 0 Å². The number of hydrogen-bond acceptors (Lipinski definition) is 3. The molecular formula is C12H9Cl3N2O2. The molecule has 100 valence electrons. The predicted molar refractivity (Wildman–Crippen MR) is 75.0 cm³/mol. The molecule has 0 spiro atoms. The molecule has 0 saturated heterocycles. The van der Waals surface area contributed by atoms with E-state index >= 15 is 0 Å². The largest absolute Gasteiger partial charge is 0.461 e. The number of rotatable bonds is 3. The van der Waals surface area contributed by atoms with E-state index in [-0.39, 0.29) is 17.3 Å². The number of carbonyl (C=O) groups excluding carboxylic acids is 1. The van der Waals surface area contributed by atoms with Crippen LogP contribution in [0.1, 0.15) is 17.4 Å². The zero-order valence-electron chi connectivity index (χ0n) is 9.84. The first kappa shape index (κ1) is 14.2. The fourth-order valence-corrected chi connectivity index (χ4v) is 2.29. The van der Waals surface area contributed by atoms with Crippen LogP contribution < -0.4 is 0 Å². The molecule has 1 aromatic heterocycles. The number of aromatic nitrogens is 2. The van der Waals surface area contributed by atoms with Gasteiger partial charge in [-0.15, -0.1) is 0 Å². The third-order valence-corrected chi connectivity index (χ3v) is 3.29. The van der Waals surface area contributed by atoms with Crippen molar-refractivity contribution in [1.29, 1.82) is 0 Å². The zero-order chi connectivity index (χ0) is 14.0. The van der Waals surface area contributed by atoms with Gasteiger partial charge < -0.3 is 4.74 Å². The first-order chi connectivity index (χ1) is 9.04. The van der Waals surface area contributed by atoms with Crippen molar-refractivity contribution < 1.29 is 9.53 Å². The Morgan fingerprint density at radius 2 is 2.11 bits per heavy atom. The van der Waals surface area contributed by atoms with Crippen molar-refractivity contribution in [2.75, 3.05) is 6.61 Å². The van der Waals surface area contributed by atoms with Crippen molar-refractivity contribution >= 4 is 40.8 Å². The molecule has 2 aromatic rings. The summed E-state index contributed by atoms with van der Waals surface area (Å²) >= 11 is 18.0. The average molecular weight is 320 g/mol. The van der Waals surface area contributed by atoms with Gasteiger partial charge in [0.1, 0.15) is 10.7 Å². The summed E-state index contributed by atoms with van der Waals surface area (Å²) < 4.78 is 4.86. The SMILES string of the molecule is CCOC(=O)c1[nH]nc(-c2ccc(Cl)cc2Cl)c1Cl. The normalized spacial score (nSPS) is 10.5. The van der Waals surface area contributed by atoms with Gasteiger partial charge in [-0.2, -0.15) is 5.10 Å². The van der Waals surface area contributed by atoms with E-state index in [0.717, 1.165) is 0 Å². The molecule has 1 aromatic carbocycles. The van der Waals surface area contributed by atoms with Crippen LogP contribution >= 0.6 is 34.8 Å². The fourth-order valence-electron chi connectivity index (χ4n) is 1.53.